The molecule has 0 aliphatic carbocycles. The molecule has 2 heterocycles. The fourth-order valence-corrected chi connectivity index (χ4v) is 3.59. The van der Waals surface area contributed by atoms with Crippen molar-refractivity contribution in [2.24, 2.45) is 7.05 Å². The number of carbonyl (C=O) groups excluding carboxylic acids is 1. The molecule has 4 rings (SSSR count). The maximum absolute atomic E-state index is 14.3. The van der Waals surface area contributed by atoms with E-state index in [0.717, 1.165) is 11.1 Å². The summed E-state index contributed by atoms with van der Waals surface area (Å²) in [5.74, 6) is 0.292. The Labute approximate surface area is 192 Å². The quantitative estimate of drug-likeness (QED) is 0.371. The fraction of sp³-hybridized carbons (Fsp3) is 0.182. The van der Waals surface area contributed by atoms with Crippen LogP contribution in [-0.2, 0) is 11.8 Å². The average Bonchev–Trinajstić information content (AvgIpc) is 3.18. The van der Waals surface area contributed by atoms with Crippen LogP contribution < -0.4 is 15.4 Å². The van der Waals surface area contributed by atoms with Gasteiger partial charge in [-0.3, -0.25) is 9.48 Å². The lowest BCUT2D eigenvalue weighted by molar-refractivity contribution is -0.119. The van der Waals surface area contributed by atoms with Gasteiger partial charge in [-0.25, -0.2) is 14.4 Å². The monoisotopic (exact) mass is 498 g/mol. The Morgan fingerprint density at radius 3 is 2.78 bits per heavy atom. The number of hydrogen-bond donors (Lipinski definition) is 2. The van der Waals surface area contributed by atoms with E-state index in [9.17, 15) is 9.18 Å². The second-order valence-corrected chi connectivity index (χ2v) is 8.04. The molecule has 2 aromatic carbocycles. The minimum atomic E-state index is -0.439. The van der Waals surface area contributed by atoms with Crippen molar-refractivity contribution in [2.75, 3.05) is 18.5 Å². The van der Waals surface area contributed by atoms with Crippen LogP contribution in [-0.4, -0.2) is 38.8 Å². The summed E-state index contributed by atoms with van der Waals surface area (Å²) in [6.07, 6.45) is 5.20. The Morgan fingerprint density at radius 1 is 1.19 bits per heavy atom. The number of carbonyl (C=O) groups is 1. The number of aromatic nitrogens is 4. The van der Waals surface area contributed by atoms with Gasteiger partial charge in [-0.05, 0) is 29.8 Å². The molecule has 0 aliphatic rings. The van der Waals surface area contributed by atoms with Crippen LogP contribution in [0.4, 0.5) is 16.0 Å². The van der Waals surface area contributed by atoms with E-state index in [4.69, 9.17) is 4.74 Å². The van der Waals surface area contributed by atoms with Gasteiger partial charge in [0.2, 0.25) is 11.9 Å². The SMILES string of the molecule is CC(=O)NCCOc1cc(Nc2ncc3cc(Br)cc(F)c3n2)cc(-c2cnn(C)c2)c1. The number of aryl methyl sites for hydroxylation is 1. The third-order valence-corrected chi connectivity index (χ3v) is 5.00. The van der Waals surface area contributed by atoms with Crippen LogP contribution in [0.15, 0.2) is 53.4 Å². The number of nitrogens with zero attached hydrogens (tertiary/aromatic N) is 4. The molecule has 0 aliphatic heterocycles. The van der Waals surface area contributed by atoms with Gasteiger partial charge in [0.1, 0.15) is 17.9 Å². The largest absolute Gasteiger partial charge is 0.492 e. The Kier molecular flexibility index (Phi) is 6.31. The van der Waals surface area contributed by atoms with Gasteiger partial charge in [0.15, 0.2) is 5.82 Å². The van der Waals surface area contributed by atoms with Crippen molar-refractivity contribution in [2.45, 2.75) is 6.92 Å². The molecule has 10 heteroatoms. The first-order valence-corrected chi connectivity index (χ1v) is 10.6. The first-order valence-electron chi connectivity index (χ1n) is 9.77. The highest BCUT2D eigenvalue weighted by molar-refractivity contribution is 9.10. The van der Waals surface area contributed by atoms with Gasteiger partial charge in [0.05, 0.1) is 12.7 Å². The maximum atomic E-state index is 14.3. The van der Waals surface area contributed by atoms with Crippen molar-refractivity contribution in [1.29, 1.82) is 0 Å². The number of nitrogens with one attached hydrogen (secondary N) is 2. The minimum absolute atomic E-state index is 0.118. The molecule has 164 valence electrons. The van der Waals surface area contributed by atoms with Crippen LogP contribution in [0.2, 0.25) is 0 Å². The zero-order chi connectivity index (χ0) is 22.7. The van der Waals surface area contributed by atoms with E-state index in [1.165, 1.54) is 13.0 Å². The molecule has 0 radical (unpaired) electrons. The molecular formula is C22H20BrFN6O2. The summed E-state index contributed by atoms with van der Waals surface area (Å²) in [6, 6.07) is 8.70. The predicted octanol–water partition coefficient (Wildman–Crippen LogP) is 4.19. The van der Waals surface area contributed by atoms with E-state index in [2.05, 4.69) is 41.6 Å². The summed E-state index contributed by atoms with van der Waals surface area (Å²) in [6.45, 7) is 2.15. The number of rotatable bonds is 7. The van der Waals surface area contributed by atoms with Crippen molar-refractivity contribution in [1.82, 2.24) is 25.1 Å². The van der Waals surface area contributed by atoms with E-state index in [0.29, 0.717) is 34.4 Å². The van der Waals surface area contributed by atoms with Crippen LogP contribution in [0, 0.1) is 5.82 Å². The molecule has 0 unspecified atom stereocenters. The van der Waals surface area contributed by atoms with Crippen LogP contribution in [0.25, 0.3) is 22.0 Å². The Morgan fingerprint density at radius 2 is 2.03 bits per heavy atom. The van der Waals surface area contributed by atoms with Gasteiger partial charge in [0, 0.05) is 53.5 Å². The zero-order valence-electron chi connectivity index (χ0n) is 17.4. The van der Waals surface area contributed by atoms with Crippen molar-refractivity contribution in [3.05, 3.63) is 59.2 Å². The van der Waals surface area contributed by atoms with Crippen molar-refractivity contribution < 1.29 is 13.9 Å². The van der Waals surface area contributed by atoms with Crippen molar-refractivity contribution in [3.8, 4) is 16.9 Å². The molecule has 4 aromatic rings. The topological polar surface area (TPSA) is 94.0 Å². The zero-order valence-corrected chi connectivity index (χ0v) is 19.0. The number of benzene rings is 2. The molecule has 32 heavy (non-hydrogen) atoms. The summed E-state index contributed by atoms with van der Waals surface area (Å²) in [7, 11) is 1.84. The van der Waals surface area contributed by atoms with Crippen LogP contribution in [0.5, 0.6) is 5.75 Å². The van der Waals surface area contributed by atoms with E-state index < -0.39 is 5.82 Å². The lowest BCUT2D eigenvalue weighted by Gasteiger charge is -2.12. The van der Waals surface area contributed by atoms with E-state index in [1.54, 1.807) is 29.2 Å². The van der Waals surface area contributed by atoms with Crippen LogP contribution >= 0.6 is 15.9 Å². The average molecular weight is 499 g/mol. The van der Waals surface area contributed by atoms with Crippen molar-refractivity contribution >= 4 is 44.4 Å². The summed E-state index contributed by atoms with van der Waals surface area (Å²) < 4.78 is 22.5. The summed E-state index contributed by atoms with van der Waals surface area (Å²) in [5, 5.41) is 10.6. The second-order valence-electron chi connectivity index (χ2n) is 7.12. The van der Waals surface area contributed by atoms with E-state index >= 15 is 0 Å². The lowest BCUT2D eigenvalue weighted by atomic mass is 10.1. The number of halogens is 2. The van der Waals surface area contributed by atoms with Crippen LogP contribution in [0.3, 0.4) is 0 Å². The molecule has 2 aromatic heterocycles. The molecular weight excluding hydrogens is 479 g/mol. The highest BCUT2D eigenvalue weighted by atomic mass is 79.9. The second kappa shape index (κ2) is 9.31. The third-order valence-electron chi connectivity index (χ3n) is 4.55. The van der Waals surface area contributed by atoms with Gasteiger partial charge in [0.25, 0.3) is 0 Å². The standard InChI is InChI=1S/C22H20BrFN6O2/c1-13(31)25-3-4-32-19-7-14(16-11-27-30(2)12-16)6-18(9-19)28-22-26-10-15-5-17(23)8-20(24)21(15)29-22/h5-12H,3-4H2,1-2H3,(H,25,31)(H,26,28,29). The molecule has 0 bridgehead atoms. The fourth-order valence-electron chi connectivity index (χ4n) is 3.14. The highest BCUT2D eigenvalue weighted by Gasteiger charge is 2.10. The predicted molar refractivity (Wildman–Crippen MR) is 123 cm³/mol. The molecule has 0 saturated heterocycles. The molecule has 0 saturated carbocycles. The van der Waals surface area contributed by atoms with Gasteiger partial charge < -0.3 is 15.4 Å². The number of hydrogen-bond acceptors (Lipinski definition) is 6. The lowest BCUT2D eigenvalue weighted by Crippen LogP contribution is -2.25. The van der Waals surface area contributed by atoms with E-state index in [-0.39, 0.29) is 17.4 Å². The van der Waals surface area contributed by atoms with Crippen LogP contribution in [0.1, 0.15) is 6.92 Å². The number of fused-ring (bicyclic) bond motifs is 1. The normalized spacial score (nSPS) is 10.9. The smallest absolute Gasteiger partial charge is 0.227 e. The summed E-state index contributed by atoms with van der Waals surface area (Å²) in [4.78, 5) is 19.7. The third kappa shape index (κ3) is 5.20. The minimum Gasteiger partial charge on any atom is -0.492 e. The maximum Gasteiger partial charge on any atom is 0.227 e. The Hall–Kier alpha value is -3.53. The highest BCUT2D eigenvalue weighted by Crippen LogP contribution is 2.30. The molecule has 8 nitrogen and oxygen atoms in total. The molecule has 0 fully saturated rings. The molecule has 1 amide bonds. The molecule has 2 N–H and O–H groups in total. The number of anilines is 2. The van der Waals surface area contributed by atoms with Crippen molar-refractivity contribution in [3.63, 3.8) is 0 Å². The van der Waals surface area contributed by atoms with Gasteiger partial charge in [-0.15, -0.1) is 0 Å². The van der Waals surface area contributed by atoms with E-state index in [1.807, 2.05) is 25.4 Å². The summed E-state index contributed by atoms with van der Waals surface area (Å²) in [5.41, 5.74) is 2.66. The van der Waals surface area contributed by atoms with Gasteiger partial charge in [-0.2, -0.15) is 5.10 Å². The van der Waals surface area contributed by atoms with Gasteiger partial charge >= 0.3 is 0 Å². The Balaban J connectivity index is 1.63. The molecule has 0 atom stereocenters. The first-order chi connectivity index (χ1) is 15.4. The van der Waals surface area contributed by atoms with Gasteiger partial charge in [-0.1, -0.05) is 15.9 Å². The number of ether oxygens (including phenoxy) is 1. The molecule has 0 spiro atoms. The first kappa shape index (κ1) is 21.7. The number of amides is 1. The Bertz CT molecular complexity index is 1290. The summed E-state index contributed by atoms with van der Waals surface area (Å²) >= 11 is 3.27.